The first-order chi connectivity index (χ1) is 10.9. The van der Waals surface area contributed by atoms with E-state index in [2.05, 4.69) is 10.1 Å². The van der Waals surface area contributed by atoms with Gasteiger partial charge in [-0.3, -0.25) is 0 Å². The highest BCUT2D eigenvalue weighted by molar-refractivity contribution is 5.69. The molecule has 0 aliphatic rings. The lowest BCUT2D eigenvalue weighted by atomic mass is 9.98. The predicted octanol–water partition coefficient (Wildman–Crippen LogP) is 3.12. The molecule has 0 radical (unpaired) electrons. The van der Waals surface area contributed by atoms with E-state index in [1.807, 2.05) is 0 Å². The van der Waals surface area contributed by atoms with Crippen LogP contribution in [0.4, 0.5) is 25.1 Å². The van der Waals surface area contributed by atoms with Crippen LogP contribution in [0, 0.1) is 0 Å². The number of benzene rings is 2. The van der Waals surface area contributed by atoms with E-state index in [1.54, 1.807) is 30.3 Å². The van der Waals surface area contributed by atoms with E-state index in [-0.39, 0.29) is 23.1 Å². The first kappa shape index (κ1) is 14.9. The van der Waals surface area contributed by atoms with Crippen LogP contribution < -0.4 is 11.5 Å². The molecule has 8 heteroatoms. The van der Waals surface area contributed by atoms with Crippen LogP contribution in [-0.4, -0.2) is 14.8 Å². The monoisotopic (exact) mass is 319 g/mol. The van der Waals surface area contributed by atoms with Gasteiger partial charge in [0.2, 0.25) is 11.9 Å². The van der Waals surface area contributed by atoms with Crippen molar-refractivity contribution in [1.82, 2.24) is 14.8 Å². The molecule has 23 heavy (non-hydrogen) atoms. The molecule has 1 heterocycles. The van der Waals surface area contributed by atoms with Crippen LogP contribution >= 0.6 is 0 Å². The molecule has 0 bridgehead atoms. The minimum atomic E-state index is -4.53. The van der Waals surface area contributed by atoms with Crippen LogP contribution in [0.2, 0.25) is 0 Å². The summed E-state index contributed by atoms with van der Waals surface area (Å²) >= 11 is 0. The van der Waals surface area contributed by atoms with Gasteiger partial charge in [-0.25, -0.2) is 0 Å². The van der Waals surface area contributed by atoms with Gasteiger partial charge in [0.1, 0.15) is 0 Å². The number of nitrogens with zero attached hydrogens (tertiary/aromatic N) is 3. The molecular formula is C15H12F3N5. The van der Waals surface area contributed by atoms with Crippen molar-refractivity contribution >= 4 is 11.9 Å². The maximum atomic E-state index is 13.4. The van der Waals surface area contributed by atoms with Crippen LogP contribution in [0.5, 0.6) is 0 Å². The molecule has 0 fully saturated rings. The van der Waals surface area contributed by atoms with Crippen molar-refractivity contribution in [3.8, 4) is 16.8 Å². The Morgan fingerprint density at radius 2 is 1.65 bits per heavy atom. The standard InChI is InChI=1S/C15H12F3N5/c16-15(17,18)12-8-10(23-14(20)21-13(19)22-23)6-7-11(12)9-4-2-1-3-5-9/h1-8H,(H4,19,20,21,22). The van der Waals surface area contributed by atoms with Crippen LogP contribution in [-0.2, 0) is 6.18 Å². The molecular weight excluding hydrogens is 307 g/mol. The Morgan fingerprint density at radius 1 is 0.957 bits per heavy atom. The van der Waals surface area contributed by atoms with Gasteiger partial charge in [0.05, 0.1) is 11.3 Å². The molecule has 0 saturated heterocycles. The van der Waals surface area contributed by atoms with Crippen molar-refractivity contribution in [2.75, 3.05) is 11.5 Å². The normalized spacial score (nSPS) is 11.6. The lowest BCUT2D eigenvalue weighted by Crippen LogP contribution is -2.10. The van der Waals surface area contributed by atoms with E-state index in [4.69, 9.17) is 11.5 Å². The average molecular weight is 319 g/mol. The van der Waals surface area contributed by atoms with E-state index in [9.17, 15) is 13.2 Å². The van der Waals surface area contributed by atoms with E-state index >= 15 is 0 Å². The van der Waals surface area contributed by atoms with Gasteiger partial charge < -0.3 is 11.5 Å². The van der Waals surface area contributed by atoms with Crippen LogP contribution in [0.25, 0.3) is 16.8 Å². The van der Waals surface area contributed by atoms with Crippen molar-refractivity contribution in [1.29, 1.82) is 0 Å². The minimum Gasteiger partial charge on any atom is -0.368 e. The molecule has 0 aliphatic carbocycles. The highest BCUT2D eigenvalue weighted by atomic mass is 19.4. The van der Waals surface area contributed by atoms with E-state index < -0.39 is 11.7 Å². The van der Waals surface area contributed by atoms with Crippen molar-refractivity contribution in [3.63, 3.8) is 0 Å². The zero-order valence-corrected chi connectivity index (χ0v) is 11.7. The van der Waals surface area contributed by atoms with Crippen molar-refractivity contribution in [2.45, 2.75) is 6.18 Å². The van der Waals surface area contributed by atoms with Gasteiger partial charge in [-0.2, -0.15) is 22.8 Å². The lowest BCUT2D eigenvalue weighted by Gasteiger charge is -2.15. The number of anilines is 2. The van der Waals surface area contributed by atoms with Gasteiger partial charge in [0.25, 0.3) is 0 Å². The SMILES string of the molecule is Nc1nc(N)n(-c2ccc(-c3ccccc3)c(C(F)(F)F)c2)n1. The molecule has 1 aromatic heterocycles. The highest BCUT2D eigenvalue weighted by Gasteiger charge is 2.34. The Balaban J connectivity index is 2.19. The third-order valence-electron chi connectivity index (χ3n) is 3.29. The van der Waals surface area contributed by atoms with Crippen LogP contribution in [0.1, 0.15) is 5.56 Å². The summed E-state index contributed by atoms with van der Waals surface area (Å²) in [7, 11) is 0. The van der Waals surface area contributed by atoms with Crippen molar-refractivity contribution < 1.29 is 13.2 Å². The topological polar surface area (TPSA) is 82.7 Å². The fourth-order valence-electron chi connectivity index (χ4n) is 2.30. The fraction of sp³-hybridized carbons (Fsp3) is 0.0667. The van der Waals surface area contributed by atoms with E-state index in [0.717, 1.165) is 10.7 Å². The number of aromatic nitrogens is 3. The molecule has 3 rings (SSSR count). The second-order valence-corrected chi connectivity index (χ2v) is 4.83. The van der Waals surface area contributed by atoms with Gasteiger partial charge in [-0.05, 0) is 23.3 Å². The smallest absolute Gasteiger partial charge is 0.368 e. The van der Waals surface area contributed by atoms with Crippen molar-refractivity contribution in [3.05, 3.63) is 54.1 Å². The van der Waals surface area contributed by atoms with Gasteiger partial charge >= 0.3 is 6.18 Å². The second-order valence-electron chi connectivity index (χ2n) is 4.83. The lowest BCUT2D eigenvalue weighted by molar-refractivity contribution is -0.137. The summed E-state index contributed by atoms with van der Waals surface area (Å²) in [6, 6.07) is 12.2. The molecule has 0 atom stereocenters. The summed E-state index contributed by atoms with van der Waals surface area (Å²) in [6.45, 7) is 0. The number of nitrogens with two attached hydrogens (primary N) is 2. The fourth-order valence-corrected chi connectivity index (χ4v) is 2.30. The first-order valence-electron chi connectivity index (χ1n) is 6.61. The molecule has 0 amide bonds. The Kier molecular flexibility index (Phi) is 3.44. The zero-order valence-electron chi connectivity index (χ0n) is 11.7. The molecule has 0 saturated carbocycles. The largest absolute Gasteiger partial charge is 0.417 e. The Morgan fingerprint density at radius 3 is 2.22 bits per heavy atom. The number of nitrogen functional groups attached to an aromatic ring is 2. The van der Waals surface area contributed by atoms with Gasteiger partial charge in [-0.1, -0.05) is 36.4 Å². The molecule has 0 spiro atoms. The summed E-state index contributed by atoms with van der Waals surface area (Å²) in [5.41, 5.74) is 10.9. The quantitative estimate of drug-likeness (QED) is 0.760. The molecule has 5 nitrogen and oxygen atoms in total. The summed E-state index contributed by atoms with van der Waals surface area (Å²) in [6.07, 6.45) is -4.53. The molecule has 0 unspecified atom stereocenters. The Labute approximate surface area is 129 Å². The van der Waals surface area contributed by atoms with Crippen molar-refractivity contribution in [2.24, 2.45) is 0 Å². The summed E-state index contributed by atoms with van der Waals surface area (Å²) in [4.78, 5) is 3.69. The average Bonchev–Trinajstić information content (AvgIpc) is 2.85. The molecule has 2 aromatic carbocycles. The van der Waals surface area contributed by atoms with Gasteiger partial charge in [-0.15, -0.1) is 5.10 Å². The number of hydrogen-bond acceptors (Lipinski definition) is 4. The highest BCUT2D eigenvalue weighted by Crippen LogP contribution is 2.38. The molecule has 3 aromatic rings. The predicted molar refractivity (Wildman–Crippen MR) is 80.6 cm³/mol. The van der Waals surface area contributed by atoms with Crippen LogP contribution in [0.15, 0.2) is 48.5 Å². The zero-order chi connectivity index (χ0) is 16.6. The van der Waals surface area contributed by atoms with E-state index in [1.165, 1.54) is 12.1 Å². The van der Waals surface area contributed by atoms with Gasteiger partial charge in [0.15, 0.2) is 0 Å². The van der Waals surface area contributed by atoms with Crippen LogP contribution in [0.3, 0.4) is 0 Å². The molecule has 0 aliphatic heterocycles. The Bertz CT molecular complexity index is 840. The first-order valence-corrected chi connectivity index (χ1v) is 6.61. The number of halogens is 3. The minimum absolute atomic E-state index is 0.0773. The summed E-state index contributed by atoms with van der Waals surface area (Å²) in [5.74, 6) is -0.189. The molecule has 118 valence electrons. The third kappa shape index (κ3) is 2.83. The Hall–Kier alpha value is -3.03. The number of rotatable bonds is 2. The maximum Gasteiger partial charge on any atom is 0.417 e. The molecule has 4 N–H and O–H groups in total. The second kappa shape index (κ2) is 5.31. The maximum absolute atomic E-state index is 13.4. The van der Waals surface area contributed by atoms with E-state index in [0.29, 0.717) is 5.56 Å². The number of alkyl halides is 3. The third-order valence-corrected chi connectivity index (χ3v) is 3.29. The number of hydrogen-bond donors (Lipinski definition) is 2. The summed E-state index contributed by atoms with van der Waals surface area (Å²) < 4.78 is 41.4. The summed E-state index contributed by atoms with van der Waals surface area (Å²) in [5, 5.41) is 3.80. The van der Waals surface area contributed by atoms with Gasteiger partial charge in [0, 0.05) is 0 Å².